The number of hydrogen-bond donors (Lipinski definition) is 2. The summed E-state index contributed by atoms with van der Waals surface area (Å²) < 4.78 is 0. The quantitative estimate of drug-likeness (QED) is 0.577. The molecule has 4 aromatic rings. The van der Waals surface area contributed by atoms with Gasteiger partial charge in [0.1, 0.15) is 5.69 Å². The zero-order valence-electron chi connectivity index (χ0n) is 14.8. The van der Waals surface area contributed by atoms with Gasteiger partial charge in [0.2, 0.25) is 0 Å². The van der Waals surface area contributed by atoms with Crippen molar-refractivity contribution < 1.29 is 4.79 Å². The van der Waals surface area contributed by atoms with Crippen molar-refractivity contribution in [1.29, 1.82) is 0 Å². The van der Waals surface area contributed by atoms with Crippen LogP contribution in [0, 0.1) is 0 Å². The van der Waals surface area contributed by atoms with Crippen molar-refractivity contribution in [2.24, 2.45) is 5.73 Å². The van der Waals surface area contributed by atoms with E-state index in [1.807, 2.05) is 36.4 Å². The summed E-state index contributed by atoms with van der Waals surface area (Å²) in [6, 6.07) is 18.3. The molecule has 3 aromatic heterocycles. The van der Waals surface area contributed by atoms with E-state index in [9.17, 15) is 9.59 Å². The maximum Gasteiger partial charge on any atom is 0.267 e. The van der Waals surface area contributed by atoms with Gasteiger partial charge in [-0.1, -0.05) is 12.1 Å². The van der Waals surface area contributed by atoms with Crippen LogP contribution in [0.25, 0.3) is 33.5 Å². The summed E-state index contributed by atoms with van der Waals surface area (Å²) in [6.07, 6.45) is 4.81. The fourth-order valence-corrected chi connectivity index (χ4v) is 3.10. The molecule has 1 aromatic carbocycles. The van der Waals surface area contributed by atoms with Crippen molar-refractivity contribution in [3.63, 3.8) is 0 Å². The van der Waals surface area contributed by atoms with Crippen LogP contribution in [0.1, 0.15) is 10.5 Å². The summed E-state index contributed by atoms with van der Waals surface area (Å²) >= 11 is 0. The van der Waals surface area contributed by atoms with Crippen LogP contribution >= 0.6 is 0 Å². The van der Waals surface area contributed by atoms with Crippen LogP contribution in [-0.4, -0.2) is 20.9 Å². The largest absolute Gasteiger partial charge is 0.364 e. The lowest BCUT2D eigenvalue weighted by Crippen LogP contribution is -2.14. The fourth-order valence-electron chi connectivity index (χ4n) is 3.10. The van der Waals surface area contributed by atoms with E-state index in [2.05, 4.69) is 15.0 Å². The van der Waals surface area contributed by atoms with Crippen molar-refractivity contribution in [2.45, 2.75) is 0 Å². The van der Waals surface area contributed by atoms with Gasteiger partial charge in [-0.3, -0.25) is 19.6 Å². The van der Waals surface area contributed by atoms with Crippen molar-refractivity contribution in [2.75, 3.05) is 0 Å². The monoisotopic (exact) mass is 368 g/mol. The molecule has 0 atom stereocenters. The molecule has 4 rings (SSSR count). The molecule has 3 heterocycles. The molecule has 136 valence electrons. The van der Waals surface area contributed by atoms with Crippen LogP contribution < -0.4 is 11.3 Å². The van der Waals surface area contributed by atoms with Gasteiger partial charge in [0, 0.05) is 35.3 Å². The lowest BCUT2D eigenvalue weighted by molar-refractivity contribution is 0.0996. The zero-order valence-corrected chi connectivity index (χ0v) is 14.8. The number of nitrogens with zero attached hydrogens (tertiary/aromatic N) is 2. The molecule has 0 bridgehead atoms. The summed E-state index contributed by atoms with van der Waals surface area (Å²) in [7, 11) is 0. The number of amides is 1. The first-order chi connectivity index (χ1) is 13.6. The summed E-state index contributed by atoms with van der Waals surface area (Å²) in [5, 5.41) is 0. The molecule has 0 radical (unpaired) electrons. The number of rotatable bonds is 4. The number of aromatic nitrogens is 3. The molecule has 0 aliphatic rings. The van der Waals surface area contributed by atoms with Gasteiger partial charge in [-0.2, -0.15) is 0 Å². The smallest absolute Gasteiger partial charge is 0.267 e. The van der Waals surface area contributed by atoms with Gasteiger partial charge in [-0.05, 0) is 59.7 Å². The first-order valence-corrected chi connectivity index (χ1v) is 8.63. The number of pyridine rings is 3. The zero-order chi connectivity index (χ0) is 19.5. The number of primary amides is 1. The topological polar surface area (TPSA) is 102 Å². The maximum atomic E-state index is 12.3. The highest BCUT2D eigenvalue weighted by molar-refractivity contribution is 5.98. The molecular formula is C22H16N4O2. The van der Waals surface area contributed by atoms with Crippen LogP contribution in [0.2, 0.25) is 0 Å². The Kier molecular flexibility index (Phi) is 4.51. The number of benzene rings is 1. The van der Waals surface area contributed by atoms with Gasteiger partial charge in [0.15, 0.2) is 0 Å². The Labute approximate surface area is 160 Å². The first-order valence-electron chi connectivity index (χ1n) is 8.63. The SMILES string of the molecule is NC(=O)c1ncccc1-c1cc(-c2ccccn2)cc(-c2ccc[nH]c2=O)c1. The Balaban J connectivity index is 2.00. The van der Waals surface area contributed by atoms with E-state index in [0.29, 0.717) is 16.7 Å². The van der Waals surface area contributed by atoms with Gasteiger partial charge >= 0.3 is 0 Å². The number of carbonyl (C=O) groups is 1. The standard InChI is InChI=1S/C22H16N4O2/c23-21(27)20-17(5-3-9-25-20)14-11-15(18-6-4-10-26-22(18)28)13-16(12-14)19-7-1-2-8-24-19/h1-13H,(H2,23,27)(H,26,28). The van der Waals surface area contributed by atoms with Gasteiger partial charge in [0.05, 0.1) is 5.69 Å². The summed E-state index contributed by atoms with van der Waals surface area (Å²) in [5.41, 5.74) is 9.60. The normalized spacial score (nSPS) is 10.6. The number of carbonyl (C=O) groups excluding carboxylic acids is 1. The second-order valence-electron chi connectivity index (χ2n) is 6.19. The van der Waals surface area contributed by atoms with Crippen LogP contribution in [0.4, 0.5) is 0 Å². The Morgan fingerprint density at radius 3 is 2.25 bits per heavy atom. The molecule has 6 nitrogen and oxygen atoms in total. The fraction of sp³-hybridized carbons (Fsp3) is 0. The highest BCUT2D eigenvalue weighted by atomic mass is 16.1. The average Bonchev–Trinajstić information content (AvgIpc) is 2.74. The van der Waals surface area contributed by atoms with Crippen LogP contribution in [0.15, 0.2) is 84.0 Å². The van der Waals surface area contributed by atoms with Crippen LogP contribution in [-0.2, 0) is 0 Å². The number of H-pyrrole nitrogens is 1. The molecule has 3 N–H and O–H groups in total. The van der Waals surface area contributed by atoms with Crippen molar-refractivity contribution >= 4 is 5.91 Å². The predicted octanol–water partition coefficient (Wildman–Crippen LogP) is 3.26. The highest BCUT2D eigenvalue weighted by Gasteiger charge is 2.15. The summed E-state index contributed by atoms with van der Waals surface area (Å²) in [6.45, 7) is 0. The number of hydrogen-bond acceptors (Lipinski definition) is 4. The Hall–Kier alpha value is -4.06. The molecule has 0 aliphatic carbocycles. The third-order valence-electron chi connectivity index (χ3n) is 4.37. The van der Waals surface area contributed by atoms with E-state index in [1.165, 1.54) is 6.20 Å². The van der Waals surface area contributed by atoms with E-state index in [0.717, 1.165) is 16.8 Å². The van der Waals surface area contributed by atoms with E-state index in [1.54, 1.807) is 36.7 Å². The summed E-state index contributed by atoms with van der Waals surface area (Å²) in [5.74, 6) is -0.613. The van der Waals surface area contributed by atoms with Crippen molar-refractivity contribution in [3.8, 4) is 33.5 Å². The molecule has 0 fully saturated rings. The first kappa shape index (κ1) is 17.4. The second kappa shape index (κ2) is 7.28. The summed E-state index contributed by atoms with van der Waals surface area (Å²) in [4.78, 5) is 35.4. The van der Waals surface area contributed by atoms with Crippen LogP contribution in [0.3, 0.4) is 0 Å². The molecule has 28 heavy (non-hydrogen) atoms. The molecule has 0 saturated carbocycles. The third-order valence-corrected chi connectivity index (χ3v) is 4.37. The molecule has 0 aliphatic heterocycles. The minimum atomic E-state index is -0.613. The lowest BCUT2D eigenvalue weighted by Gasteiger charge is -2.11. The van der Waals surface area contributed by atoms with Crippen LogP contribution in [0.5, 0.6) is 0 Å². The Morgan fingerprint density at radius 1 is 0.821 bits per heavy atom. The van der Waals surface area contributed by atoms with E-state index in [4.69, 9.17) is 5.73 Å². The molecule has 0 saturated heterocycles. The van der Waals surface area contributed by atoms with Gasteiger partial charge in [-0.25, -0.2) is 0 Å². The number of nitrogens with two attached hydrogens (primary N) is 1. The Morgan fingerprint density at radius 2 is 1.54 bits per heavy atom. The lowest BCUT2D eigenvalue weighted by atomic mass is 9.94. The molecular weight excluding hydrogens is 352 g/mol. The minimum absolute atomic E-state index is 0.175. The van der Waals surface area contributed by atoms with Gasteiger partial charge < -0.3 is 10.7 Å². The number of aromatic amines is 1. The van der Waals surface area contributed by atoms with Crippen molar-refractivity contribution in [3.05, 3.63) is 95.3 Å². The third kappa shape index (κ3) is 3.31. The maximum absolute atomic E-state index is 12.3. The van der Waals surface area contributed by atoms with Crippen molar-refractivity contribution in [1.82, 2.24) is 15.0 Å². The van der Waals surface area contributed by atoms with E-state index >= 15 is 0 Å². The number of nitrogens with one attached hydrogen (secondary N) is 1. The van der Waals surface area contributed by atoms with E-state index < -0.39 is 5.91 Å². The molecule has 6 heteroatoms. The molecule has 0 spiro atoms. The average molecular weight is 368 g/mol. The van der Waals surface area contributed by atoms with Gasteiger partial charge in [-0.15, -0.1) is 0 Å². The molecule has 1 amide bonds. The Bertz CT molecular complexity index is 1220. The van der Waals surface area contributed by atoms with E-state index in [-0.39, 0.29) is 11.3 Å². The molecule has 0 unspecified atom stereocenters. The second-order valence-corrected chi connectivity index (χ2v) is 6.19. The predicted molar refractivity (Wildman–Crippen MR) is 107 cm³/mol. The van der Waals surface area contributed by atoms with Gasteiger partial charge in [0.25, 0.3) is 11.5 Å². The highest BCUT2D eigenvalue weighted by Crippen LogP contribution is 2.32. The minimum Gasteiger partial charge on any atom is -0.364 e.